The second kappa shape index (κ2) is 21.9. The number of nitrogens with one attached hydrogen (secondary N) is 2. The number of piperidine rings is 2. The summed E-state index contributed by atoms with van der Waals surface area (Å²) in [5, 5.41) is 3.30. The van der Waals surface area contributed by atoms with Crippen LogP contribution in [-0.4, -0.2) is 99.5 Å². The van der Waals surface area contributed by atoms with Crippen molar-refractivity contribution in [2.75, 3.05) is 50.4 Å². The lowest BCUT2D eigenvalue weighted by Crippen LogP contribution is -2.42. The van der Waals surface area contributed by atoms with Crippen LogP contribution in [0.15, 0.2) is 41.2 Å². The molecular weight excluding hydrogens is 858 g/mol. The fraction of sp³-hybridized carbons (Fsp3) is 0.500. The van der Waals surface area contributed by atoms with Gasteiger partial charge in [0.05, 0.1) is 35.6 Å². The third-order valence-corrected chi connectivity index (χ3v) is 8.29. The molecule has 2 aliphatic heterocycles. The Balaban J connectivity index is 0.000000296. The first kappa shape index (κ1) is 47.9. The van der Waals surface area contributed by atoms with E-state index in [1.807, 2.05) is 0 Å². The van der Waals surface area contributed by atoms with Crippen molar-refractivity contribution in [2.45, 2.75) is 59.6 Å². The number of nitrogens with zero attached hydrogens (tertiary/aromatic N) is 3. The zero-order valence-electron chi connectivity index (χ0n) is 29.5. The number of benzene rings is 2. The van der Waals surface area contributed by atoms with Gasteiger partial charge in [-0.25, -0.2) is 28.0 Å². The number of fused-ring (bicyclic) bond motifs is 1. The zero-order chi connectivity index (χ0) is 40.2. The fourth-order valence-corrected chi connectivity index (χ4v) is 5.88. The van der Waals surface area contributed by atoms with Crippen LogP contribution in [0, 0.1) is 11.6 Å². The average Bonchev–Trinajstić information content (AvgIpc) is 3.40. The number of rotatable bonds is 5. The van der Waals surface area contributed by atoms with E-state index in [-0.39, 0.29) is 50.0 Å². The number of hydrogen-bond acceptors (Lipinski definition) is 10. The maximum Gasteiger partial charge on any atom is 0.515 e. The predicted molar refractivity (Wildman–Crippen MR) is 209 cm³/mol. The fourth-order valence-electron chi connectivity index (χ4n) is 5.50. The molecule has 14 nitrogen and oxygen atoms in total. The van der Waals surface area contributed by atoms with Gasteiger partial charge in [-0.1, -0.05) is 0 Å². The quantitative estimate of drug-likeness (QED) is 0.0748. The van der Waals surface area contributed by atoms with Crippen molar-refractivity contribution in [1.82, 2.24) is 19.4 Å². The van der Waals surface area contributed by atoms with Crippen LogP contribution in [0.25, 0.3) is 11.0 Å². The molecule has 303 valence electrons. The molecule has 0 unspecified atom stereocenters. The minimum absolute atomic E-state index is 0. The lowest BCUT2D eigenvalue weighted by Gasteiger charge is -2.32. The van der Waals surface area contributed by atoms with Gasteiger partial charge in [-0.3, -0.25) is 4.57 Å². The summed E-state index contributed by atoms with van der Waals surface area (Å²) in [4.78, 5) is 52.0. The maximum absolute atomic E-state index is 13.2. The van der Waals surface area contributed by atoms with Crippen molar-refractivity contribution in [3.63, 3.8) is 0 Å². The Hall–Kier alpha value is -3.22. The van der Waals surface area contributed by atoms with E-state index in [4.69, 9.17) is 84.8 Å². The first-order chi connectivity index (χ1) is 25.3. The van der Waals surface area contributed by atoms with E-state index in [0.29, 0.717) is 69.0 Å². The molecule has 0 atom stereocenters. The second-order valence-electron chi connectivity index (χ2n) is 11.6. The molecule has 0 bridgehead atoms. The number of imidazole rings is 1. The Kier molecular flexibility index (Phi) is 19.1. The number of carbonyl (C=O) groups excluding carboxylic acids is 3. The van der Waals surface area contributed by atoms with E-state index in [0.717, 1.165) is 18.5 Å². The van der Waals surface area contributed by atoms with Gasteiger partial charge in [0.25, 0.3) is 0 Å². The van der Waals surface area contributed by atoms with E-state index in [2.05, 4.69) is 19.8 Å². The van der Waals surface area contributed by atoms with E-state index in [9.17, 15) is 28.0 Å². The highest BCUT2D eigenvalue weighted by molar-refractivity contribution is 6.67. The Morgan fingerprint density at radius 2 is 1.29 bits per heavy atom. The highest BCUT2D eigenvalue weighted by Crippen LogP contribution is 2.32. The lowest BCUT2D eigenvalue weighted by atomic mass is 10.0. The Morgan fingerprint density at radius 3 is 1.76 bits per heavy atom. The van der Waals surface area contributed by atoms with Gasteiger partial charge in [-0.15, -0.1) is 0 Å². The van der Waals surface area contributed by atoms with Crippen molar-refractivity contribution < 1.29 is 42.1 Å². The smallest absolute Gasteiger partial charge is 0.450 e. The molecule has 5 rings (SSSR count). The van der Waals surface area contributed by atoms with Crippen molar-refractivity contribution in [1.29, 1.82) is 0 Å². The van der Waals surface area contributed by atoms with Crippen LogP contribution in [-0.2, 0) is 18.9 Å². The molecule has 3 radical (unpaired) electrons. The lowest BCUT2D eigenvalue weighted by molar-refractivity contribution is 0.0508. The molecule has 0 spiro atoms. The van der Waals surface area contributed by atoms with Crippen molar-refractivity contribution in [2.24, 2.45) is 0 Å². The Morgan fingerprint density at radius 1 is 0.818 bits per heavy atom. The van der Waals surface area contributed by atoms with Crippen LogP contribution in [0.4, 0.5) is 34.5 Å². The summed E-state index contributed by atoms with van der Waals surface area (Å²) in [5.74, 6) is -0.719. The van der Waals surface area contributed by atoms with E-state index < -0.39 is 14.1 Å². The third kappa shape index (κ3) is 16.0. The second-order valence-corrected chi connectivity index (χ2v) is 15.9. The molecule has 4 N–H and O–H groups in total. The number of likely N-dealkylation sites (tertiary alicyclic amines) is 2. The normalized spacial score (nSPS) is 15.0. The number of halogens is 8. The summed E-state index contributed by atoms with van der Waals surface area (Å²) in [6.45, 7) is 6.71. The van der Waals surface area contributed by atoms with Crippen LogP contribution in [0.5, 0.6) is 0 Å². The molecule has 1 aromatic heterocycles. The molecule has 3 heterocycles. The SMILES string of the molecule is CCOC(=O)N1CCC(Nc2ccc(F)cc2N)CC1.CCOC(=O)N1CCC(n2c(=O)[nH]c3cc(F)ccc32)CC1.O=C(OC(Cl)(Cl)Cl)OC(Cl)(Cl)Cl.[B]. The van der Waals surface area contributed by atoms with Crippen molar-refractivity contribution in [3.8, 4) is 0 Å². The number of aromatic amines is 1. The average molecular weight is 896 g/mol. The number of nitrogens with two attached hydrogens (primary N) is 1. The summed E-state index contributed by atoms with van der Waals surface area (Å²) in [7, 11) is 0. The standard InChI is InChI=1S/C15H18FN3O3.C14H20FN3O2.C3Cl6O3.B/c1-2-22-15(21)18-7-5-11(6-8-18)19-13-4-3-10(16)9-12(13)17-14(19)20;1-2-20-14(19)18-7-5-11(6-8-18)17-13-4-3-10(15)9-12(13)16;4-2(5,6)11-1(10)12-3(7,8)9;/h3-4,9,11H,2,5-8H2,1H3,(H,17,20);3-4,9,11,17H,2,5-8,16H2,1H3;;. The van der Waals surface area contributed by atoms with Crippen molar-refractivity contribution in [3.05, 3.63) is 58.5 Å². The summed E-state index contributed by atoms with van der Waals surface area (Å²) >= 11 is 30.2. The predicted octanol–water partition coefficient (Wildman–Crippen LogP) is 8.12. The number of carbonyl (C=O) groups is 3. The van der Waals surface area contributed by atoms with Crippen molar-refractivity contribution >= 4 is 119 Å². The van der Waals surface area contributed by atoms with Gasteiger partial charge in [0, 0.05) is 46.7 Å². The topological polar surface area (TPSA) is 170 Å². The number of anilines is 2. The summed E-state index contributed by atoms with van der Waals surface area (Å²) < 4.78 is 41.3. The van der Waals surface area contributed by atoms with Gasteiger partial charge in [0.2, 0.25) is 0 Å². The largest absolute Gasteiger partial charge is 0.515 e. The first-order valence-electron chi connectivity index (χ1n) is 16.4. The van der Waals surface area contributed by atoms with Gasteiger partial charge in [-0.2, -0.15) is 0 Å². The monoisotopic (exact) mass is 893 g/mol. The van der Waals surface area contributed by atoms with Gasteiger partial charge in [-0.05, 0) is 146 Å². The summed E-state index contributed by atoms with van der Waals surface area (Å²) in [6.07, 6.45) is 0.994. The van der Waals surface area contributed by atoms with Gasteiger partial charge in [0.1, 0.15) is 11.6 Å². The molecule has 23 heteroatoms. The number of ether oxygens (including phenoxy) is 4. The highest BCUT2D eigenvalue weighted by Gasteiger charge is 2.32. The molecule has 2 aliphatic rings. The van der Waals surface area contributed by atoms with E-state index in [1.165, 1.54) is 24.3 Å². The number of alkyl halides is 6. The number of H-pyrrole nitrogens is 1. The van der Waals surface area contributed by atoms with Crippen LogP contribution >= 0.6 is 69.6 Å². The van der Waals surface area contributed by atoms with E-state index in [1.54, 1.807) is 40.3 Å². The minimum atomic E-state index is -2.24. The van der Waals surface area contributed by atoms with Gasteiger partial charge in [0.15, 0.2) is 0 Å². The number of hydrogen-bond donors (Lipinski definition) is 3. The molecule has 3 aromatic rings. The zero-order valence-corrected chi connectivity index (χ0v) is 34.0. The van der Waals surface area contributed by atoms with Crippen LogP contribution in [0.2, 0.25) is 0 Å². The molecule has 2 aromatic carbocycles. The van der Waals surface area contributed by atoms with Gasteiger partial charge >= 0.3 is 32.0 Å². The summed E-state index contributed by atoms with van der Waals surface area (Å²) in [5.41, 5.74) is 7.86. The number of aromatic nitrogens is 2. The third-order valence-electron chi connectivity index (χ3n) is 7.83. The molecular formula is C32H38BCl6F2N6O8. The van der Waals surface area contributed by atoms with Crippen LogP contribution in [0.3, 0.4) is 0 Å². The molecule has 2 saturated heterocycles. The number of nitrogen functional groups attached to an aromatic ring is 1. The number of amides is 2. The molecule has 55 heavy (non-hydrogen) atoms. The van der Waals surface area contributed by atoms with Crippen LogP contribution in [0.1, 0.15) is 45.6 Å². The summed E-state index contributed by atoms with van der Waals surface area (Å²) in [6, 6.07) is 8.83. The minimum Gasteiger partial charge on any atom is -0.450 e. The Labute approximate surface area is 347 Å². The Bertz CT molecular complexity index is 1760. The highest BCUT2D eigenvalue weighted by atomic mass is 35.6. The molecule has 0 saturated carbocycles. The van der Waals surface area contributed by atoms with Crippen LogP contribution < -0.4 is 16.7 Å². The molecule has 2 fully saturated rings. The molecule has 0 aliphatic carbocycles. The maximum atomic E-state index is 13.2. The van der Waals surface area contributed by atoms with E-state index >= 15 is 0 Å². The molecule has 2 amide bonds. The van der Waals surface area contributed by atoms with Gasteiger partial charge < -0.3 is 44.8 Å². The first-order valence-corrected chi connectivity index (χ1v) is 18.7.